The highest BCUT2D eigenvalue weighted by molar-refractivity contribution is 9.10. The molecule has 0 aliphatic carbocycles. The summed E-state index contributed by atoms with van der Waals surface area (Å²) >= 11 is 5.24. The van der Waals surface area contributed by atoms with Crippen LogP contribution in [0.3, 0.4) is 0 Å². The Labute approximate surface area is 126 Å². The Morgan fingerprint density at radius 3 is 2.79 bits per heavy atom. The van der Waals surface area contributed by atoms with Crippen LogP contribution >= 0.6 is 27.3 Å². The second-order valence-corrected chi connectivity index (χ2v) is 6.39. The summed E-state index contributed by atoms with van der Waals surface area (Å²) in [5, 5.41) is 5.33. The summed E-state index contributed by atoms with van der Waals surface area (Å²) in [5.74, 6) is 0.952. The fourth-order valence-corrected chi connectivity index (χ4v) is 3.24. The molecule has 1 aromatic heterocycles. The molecule has 2 aromatic rings. The minimum atomic E-state index is 0.279. The van der Waals surface area contributed by atoms with E-state index >= 15 is 0 Å². The first-order chi connectivity index (χ1) is 9.11. The zero-order chi connectivity index (χ0) is 13.8. The monoisotopic (exact) mass is 339 g/mol. The van der Waals surface area contributed by atoms with Gasteiger partial charge in [-0.15, -0.1) is 11.3 Å². The lowest BCUT2D eigenvalue weighted by atomic mass is 10.0. The molecule has 0 aliphatic heterocycles. The third-order valence-corrected chi connectivity index (χ3v) is 5.01. The SMILES string of the molecule is CNC(C)c1cc(C)ccc1OCc1sccc1Br. The number of halogens is 1. The normalized spacial score (nSPS) is 12.4. The summed E-state index contributed by atoms with van der Waals surface area (Å²) in [5.41, 5.74) is 2.46. The zero-order valence-corrected chi connectivity index (χ0v) is 13.8. The topological polar surface area (TPSA) is 21.3 Å². The maximum Gasteiger partial charge on any atom is 0.124 e. The maximum atomic E-state index is 5.98. The number of benzene rings is 1. The number of aryl methyl sites for hydroxylation is 1. The maximum absolute atomic E-state index is 5.98. The van der Waals surface area contributed by atoms with Gasteiger partial charge in [0.2, 0.25) is 0 Å². The Morgan fingerprint density at radius 2 is 2.16 bits per heavy atom. The summed E-state index contributed by atoms with van der Waals surface area (Å²) in [7, 11) is 1.96. The van der Waals surface area contributed by atoms with Crippen molar-refractivity contribution in [2.45, 2.75) is 26.5 Å². The molecule has 0 radical (unpaired) electrons. The second kappa shape index (κ2) is 6.55. The number of thiophene rings is 1. The molecule has 4 heteroatoms. The summed E-state index contributed by atoms with van der Waals surface area (Å²) < 4.78 is 7.10. The standard InChI is InChI=1S/C15H18BrNOS/c1-10-4-5-14(12(8-10)11(2)17-3)18-9-15-13(16)6-7-19-15/h4-8,11,17H,9H2,1-3H3. The molecule has 0 bridgehead atoms. The molecule has 1 unspecified atom stereocenters. The molecular formula is C15H18BrNOS. The molecule has 0 amide bonds. The van der Waals surface area contributed by atoms with E-state index in [1.54, 1.807) is 11.3 Å². The number of hydrogen-bond acceptors (Lipinski definition) is 3. The minimum absolute atomic E-state index is 0.279. The van der Waals surface area contributed by atoms with Crippen LogP contribution in [0.2, 0.25) is 0 Å². The molecule has 0 fully saturated rings. The van der Waals surface area contributed by atoms with Crippen molar-refractivity contribution in [2.75, 3.05) is 7.05 Å². The lowest BCUT2D eigenvalue weighted by molar-refractivity contribution is 0.303. The molecule has 1 heterocycles. The largest absolute Gasteiger partial charge is 0.488 e. The van der Waals surface area contributed by atoms with E-state index < -0.39 is 0 Å². The van der Waals surface area contributed by atoms with Crippen LogP contribution in [0.5, 0.6) is 5.75 Å². The molecule has 0 spiro atoms. The van der Waals surface area contributed by atoms with Gasteiger partial charge in [-0.25, -0.2) is 0 Å². The van der Waals surface area contributed by atoms with Crippen molar-refractivity contribution < 1.29 is 4.74 Å². The van der Waals surface area contributed by atoms with Gasteiger partial charge in [0.25, 0.3) is 0 Å². The van der Waals surface area contributed by atoms with E-state index in [4.69, 9.17) is 4.74 Å². The molecule has 1 atom stereocenters. The molecular weight excluding hydrogens is 322 g/mol. The molecule has 0 saturated heterocycles. The van der Waals surface area contributed by atoms with Gasteiger partial charge < -0.3 is 10.1 Å². The molecule has 2 rings (SSSR count). The van der Waals surface area contributed by atoms with Gasteiger partial charge in [0.05, 0.1) is 4.88 Å². The van der Waals surface area contributed by atoms with Crippen LogP contribution < -0.4 is 10.1 Å². The van der Waals surface area contributed by atoms with Crippen molar-refractivity contribution in [1.82, 2.24) is 5.32 Å². The number of ether oxygens (including phenoxy) is 1. The van der Waals surface area contributed by atoms with E-state index in [1.165, 1.54) is 16.0 Å². The highest BCUT2D eigenvalue weighted by atomic mass is 79.9. The van der Waals surface area contributed by atoms with E-state index in [9.17, 15) is 0 Å². The van der Waals surface area contributed by atoms with E-state index in [2.05, 4.69) is 64.7 Å². The summed E-state index contributed by atoms with van der Waals surface area (Å²) in [4.78, 5) is 1.21. The van der Waals surface area contributed by atoms with Crippen molar-refractivity contribution >= 4 is 27.3 Å². The first-order valence-corrected chi connectivity index (χ1v) is 7.91. The van der Waals surface area contributed by atoms with E-state index in [0.717, 1.165) is 10.2 Å². The lowest BCUT2D eigenvalue weighted by Crippen LogP contribution is -2.14. The van der Waals surface area contributed by atoms with Crippen molar-refractivity contribution in [3.8, 4) is 5.75 Å². The fourth-order valence-electron chi connectivity index (χ4n) is 1.86. The summed E-state index contributed by atoms with van der Waals surface area (Å²) in [6.45, 7) is 4.85. The van der Waals surface area contributed by atoms with Crippen LogP contribution in [0.4, 0.5) is 0 Å². The highest BCUT2D eigenvalue weighted by Gasteiger charge is 2.11. The number of rotatable bonds is 5. The zero-order valence-electron chi connectivity index (χ0n) is 11.4. The van der Waals surface area contributed by atoms with Gasteiger partial charge >= 0.3 is 0 Å². The van der Waals surface area contributed by atoms with E-state index in [-0.39, 0.29) is 6.04 Å². The van der Waals surface area contributed by atoms with Gasteiger partial charge in [-0.05, 0) is 54.3 Å². The second-order valence-electron chi connectivity index (χ2n) is 4.53. The third kappa shape index (κ3) is 3.59. The van der Waals surface area contributed by atoms with Gasteiger partial charge in [0.15, 0.2) is 0 Å². The number of hydrogen-bond donors (Lipinski definition) is 1. The Kier molecular flexibility index (Phi) is 5.02. The summed E-state index contributed by atoms with van der Waals surface area (Å²) in [6.07, 6.45) is 0. The van der Waals surface area contributed by atoms with Gasteiger partial charge in [-0.2, -0.15) is 0 Å². The average Bonchev–Trinajstić information content (AvgIpc) is 2.82. The van der Waals surface area contributed by atoms with Crippen molar-refractivity contribution in [2.24, 2.45) is 0 Å². The van der Waals surface area contributed by atoms with Gasteiger partial charge in [-0.1, -0.05) is 17.7 Å². The molecule has 1 N–H and O–H groups in total. The Balaban J connectivity index is 2.18. The Morgan fingerprint density at radius 1 is 1.37 bits per heavy atom. The number of nitrogens with one attached hydrogen (secondary N) is 1. The predicted molar refractivity (Wildman–Crippen MR) is 85.0 cm³/mol. The molecule has 0 saturated carbocycles. The highest BCUT2D eigenvalue weighted by Crippen LogP contribution is 2.29. The van der Waals surface area contributed by atoms with Crippen LogP contribution in [0.1, 0.15) is 29.0 Å². The molecule has 2 nitrogen and oxygen atoms in total. The van der Waals surface area contributed by atoms with Crippen LogP contribution in [0.15, 0.2) is 34.1 Å². The van der Waals surface area contributed by atoms with Gasteiger partial charge in [0.1, 0.15) is 12.4 Å². The fraction of sp³-hybridized carbons (Fsp3) is 0.333. The van der Waals surface area contributed by atoms with Crippen LogP contribution in [0, 0.1) is 6.92 Å². The van der Waals surface area contributed by atoms with Gasteiger partial charge in [-0.3, -0.25) is 0 Å². The van der Waals surface area contributed by atoms with Crippen molar-refractivity contribution in [3.05, 3.63) is 50.1 Å². The predicted octanol–water partition coefficient (Wildman–Crippen LogP) is 4.68. The lowest BCUT2D eigenvalue weighted by Gasteiger charge is -2.17. The minimum Gasteiger partial charge on any atom is -0.488 e. The van der Waals surface area contributed by atoms with E-state index in [0.29, 0.717) is 6.61 Å². The van der Waals surface area contributed by atoms with Gasteiger partial charge in [0, 0.05) is 16.1 Å². The molecule has 19 heavy (non-hydrogen) atoms. The van der Waals surface area contributed by atoms with Crippen LogP contribution in [-0.2, 0) is 6.61 Å². The van der Waals surface area contributed by atoms with Crippen LogP contribution in [-0.4, -0.2) is 7.05 Å². The third-order valence-electron chi connectivity index (χ3n) is 3.11. The molecule has 1 aromatic carbocycles. The summed E-state index contributed by atoms with van der Waals surface area (Å²) in [6, 6.07) is 8.65. The molecule has 0 aliphatic rings. The van der Waals surface area contributed by atoms with Crippen LogP contribution in [0.25, 0.3) is 0 Å². The van der Waals surface area contributed by atoms with Crippen molar-refractivity contribution in [1.29, 1.82) is 0 Å². The Hall–Kier alpha value is -0.840. The first kappa shape index (κ1) is 14.6. The average molecular weight is 340 g/mol. The smallest absolute Gasteiger partial charge is 0.124 e. The first-order valence-electron chi connectivity index (χ1n) is 6.24. The molecule has 102 valence electrons. The van der Waals surface area contributed by atoms with E-state index in [1.807, 2.05) is 7.05 Å². The van der Waals surface area contributed by atoms with Crippen molar-refractivity contribution in [3.63, 3.8) is 0 Å². The Bertz CT molecular complexity index is 553. The quantitative estimate of drug-likeness (QED) is 0.853.